The zero-order chi connectivity index (χ0) is 7.23. The van der Waals surface area contributed by atoms with Gasteiger partial charge in [0.1, 0.15) is 0 Å². The Labute approximate surface area is 67.5 Å². The quantitative estimate of drug-likeness (QED) is 0.625. The first kappa shape index (κ1) is 8.41. The van der Waals surface area contributed by atoms with Crippen molar-refractivity contribution < 1.29 is 4.74 Å². The lowest BCUT2D eigenvalue weighted by atomic mass is 9.98. The van der Waals surface area contributed by atoms with Gasteiger partial charge in [-0.15, -0.1) is 0 Å². The van der Waals surface area contributed by atoms with E-state index in [2.05, 4.69) is 6.26 Å². The summed E-state index contributed by atoms with van der Waals surface area (Å²) in [5, 5.41) is 0. The van der Waals surface area contributed by atoms with Crippen LogP contribution in [-0.4, -0.2) is 25.2 Å². The normalized spacial score (nSPS) is 21.3. The van der Waals surface area contributed by atoms with E-state index in [4.69, 9.17) is 4.74 Å². The molecule has 0 bridgehead atoms. The second kappa shape index (κ2) is 5.03. The highest BCUT2D eigenvalue weighted by molar-refractivity contribution is 7.98. The monoisotopic (exact) mass is 160 g/mol. The van der Waals surface area contributed by atoms with E-state index in [1.54, 1.807) is 0 Å². The first-order valence-electron chi connectivity index (χ1n) is 4.00. The third kappa shape index (κ3) is 2.93. The fourth-order valence-corrected chi connectivity index (χ4v) is 1.89. The lowest BCUT2D eigenvalue weighted by molar-refractivity contribution is 0.0657. The SMILES string of the molecule is CSCCC1CCOCC1. The van der Waals surface area contributed by atoms with E-state index >= 15 is 0 Å². The number of hydrogen-bond acceptors (Lipinski definition) is 2. The molecule has 1 rings (SSSR count). The Balaban J connectivity index is 2.02. The summed E-state index contributed by atoms with van der Waals surface area (Å²) in [4.78, 5) is 0. The summed E-state index contributed by atoms with van der Waals surface area (Å²) in [7, 11) is 0. The number of hydrogen-bond donors (Lipinski definition) is 0. The number of thioether (sulfide) groups is 1. The van der Waals surface area contributed by atoms with Crippen LogP contribution in [-0.2, 0) is 4.74 Å². The van der Waals surface area contributed by atoms with Gasteiger partial charge < -0.3 is 4.74 Å². The van der Waals surface area contributed by atoms with Crippen LogP contribution in [0.5, 0.6) is 0 Å². The van der Waals surface area contributed by atoms with Crippen LogP contribution in [0.25, 0.3) is 0 Å². The van der Waals surface area contributed by atoms with E-state index in [0.717, 1.165) is 19.1 Å². The molecular weight excluding hydrogens is 144 g/mol. The first-order valence-corrected chi connectivity index (χ1v) is 5.39. The molecule has 1 aliphatic heterocycles. The highest BCUT2D eigenvalue weighted by Crippen LogP contribution is 2.19. The van der Waals surface area contributed by atoms with Crippen molar-refractivity contribution in [3.05, 3.63) is 0 Å². The highest BCUT2D eigenvalue weighted by Gasteiger charge is 2.12. The van der Waals surface area contributed by atoms with Crippen LogP contribution < -0.4 is 0 Å². The molecule has 60 valence electrons. The van der Waals surface area contributed by atoms with Gasteiger partial charge in [0.05, 0.1) is 0 Å². The van der Waals surface area contributed by atoms with Gasteiger partial charge >= 0.3 is 0 Å². The van der Waals surface area contributed by atoms with Crippen LogP contribution in [0.3, 0.4) is 0 Å². The molecule has 1 aliphatic rings. The van der Waals surface area contributed by atoms with Crippen molar-refractivity contribution in [3.63, 3.8) is 0 Å². The Morgan fingerprint density at radius 1 is 1.40 bits per heavy atom. The van der Waals surface area contributed by atoms with E-state index in [1.165, 1.54) is 25.0 Å². The summed E-state index contributed by atoms with van der Waals surface area (Å²) in [6, 6.07) is 0. The fraction of sp³-hybridized carbons (Fsp3) is 1.00. The average Bonchev–Trinajstić information content (AvgIpc) is 2.03. The molecule has 0 saturated carbocycles. The lowest BCUT2D eigenvalue weighted by Gasteiger charge is -2.21. The molecule has 0 aromatic heterocycles. The molecule has 2 heteroatoms. The van der Waals surface area contributed by atoms with Crippen LogP contribution in [0, 0.1) is 5.92 Å². The molecule has 0 unspecified atom stereocenters. The molecule has 0 aromatic rings. The Hall–Kier alpha value is 0.310. The Morgan fingerprint density at radius 2 is 2.10 bits per heavy atom. The van der Waals surface area contributed by atoms with Crippen LogP contribution >= 0.6 is 11.8 Å². The van der Waals surface area contributed by atoms with Crippen molar-refractivity contribution in [2.24, 2.45) is 5.92 Å². The lowest BCUT2D eigenvalue weighted by Crippen LogP contribution is -2.15. The number of rotatable bonds is 3. The predicted octanol–water partition coefficient (Wildman–Crippen LogP) is 2.17. The largest absolute Gasteiger partial charge is 0.381 e. The van der Waals surface area contributed by atoms with Gasteiger partial charge in [0.2, 0.25) is 0 Å². The van der Waals surface area contributed by atoms with Gasteiger partial charge in [0.15, 0.2) is 0 Å². The van der Waals surface area contributed by atoms with Crippen molar-refractivity contribution in [3.8, 4) is 0 Å². The summed E-state index contributed by atoms with van der Waals surface area (Å²) < 4.78 is 5.27. The molecule has 0 N–H and O–H groups in total. The Morgan fingerprint density at radius 3 is 2.70 bits per heavy atom. The molecule has 0 amide bonds. The van der Waals surface area contributed by atoms with E-state index in [0.29, 0.717) is 0 Å². The van der Waals surface area contributed by atoms with Gasteiger partial charge in [-0.05, 0) is 37.2 Å². The second-order valence-electron chi connectivity index (χ2n) is 2.84. The van der Waals surface area contributed by atoms with Gasteiger partial charge in [-0.25, -0.2) is 0 Å². The van der Waals surface area contributed by atoms with Crippen molar-refractivity contribution >= 4 is 11.8 Å². The maximum Gasteiger partial charge on any atom is 0.0468 e. The first-order chi connectivity index (χ1) is 4.93. The minimum atomic E-state index is 0.959. The van der Waals surface area contributed by atoms with Crippen molar-refractivity contribution in [2.75, 3.05) is 25.2 Å². The van der Waals surface area contributed by atoms with Crippen LogP contribution in [0.2, 0.25) is 0 Å². The molecule has 1 fully saturated rings. The van der Waals surface area contributed by atoms with Gasteiger partial charge in [-0.1, -0.05) is 0 Å². The zero-order valence-corrected chi connectivity index (χ0v) is 7.45. The molecule has 0 aliphatic carbocycles. The van der Waals surface area contributed by atoms with Crippen molar-refractivity contribution in [1.29, 1.82) is 0 Å². The van der Waals surface area contributed by atoms with Crippen LogP contribution in [0.15, 0.2) is 0 Å². The fourth-order valence-electron chi connectivity index (χ4n) is 1.32. The maximum absolute atomic E-state index is 5.27. The Kier molecular flexibility index (Phi) is 4.23. The van der Waals surface area contributed by atoms with Gasteiger partial charge in [0.25, 0.3) is 0 Å². The smallest absolute Gasteiger partial charge is 0.0468 e. The maximum atomic E-state index is 5.27. The van der Waals surface area contributed by atoms with Crippen molar-refractivity contribution in [2.45, 2.75) is 19.3 Å². The summed E-state index contributed by atoms with van der Waals surface area (Å²) in [5.74, 6) is 2.28. The van der Waals surface area contributed by atoms with E-state index < -0.39 is 0 Å². The standard InChI is InChI=1S/C8H16OS/c1-10-7-4-8-2-5-9-6-3-8/h8H,2-7H2,1H3. The summed E-state index contributed by atoms with van der Waals surface area (Å²) >= 11 is 1.95. The molecule has 0 spiro atoms. The third-order valence-electron chi connectivity index (χ3n) is 2.07. The summed E-state index contributed by atoms with van der Waals surface area (Å²) in [5.41, 5.74) is 0. The molecule has 1 heterocycles. The van der Waals surface area contributed by atoms with E-state index in [-0.39, 0.29) is 0 Å². The molecule has 0 aromatic carbocycles. The summed E-state index contributed by atoms with van der Waals surface area (Å²) in [6.45, 7) is 2.00. The second-order valence-corrected chi connectivity index (χ2v) is 3.82. The minimum absolute atomic E-state index is 0.959. The highest BCUT2D eigenvalue weighted by atomic mass is 32.2. The van der Waals surface area contributed by atoms with Gasteiger partial charge in [-0.3, -0.25) is 0 Å². The van der Waals surface area contributed by atoms with Gasteiger partial charge in [-0.2, -0.15) is 11.8 Å². The van der Waals surface area contributed by atoms with Crippen LogP contribution in [0.4, 0.5) is 0 Å². The zero-order valence-electron chi connectivity index (χ0n) is 6.64. The molecule has 0 atom stereocenters. The average molecular weight is 160 g/mol. The number of ether oxygens (including phenoxy) is 1. The Bertz CT molecular complexity index is 79.3. The van der Waals surface area contributed by atoms with Gasteiger partial charge in [0, 0.05) is 13.2 Å². The molecule has 0 radical (unpaired) electrons. The molecule has 1 nitrogen and oxygen atoms in total. The molecular formula is C8H16OS. The minimum Gasteiger partial charge on any atom is -0.381 e. The third-order valence-corrected chi connectivity index (χ3v) is 2.72. The van der Waals surface area contributed by atoms with Crippen molar-refractivity contribution in [1.82, 2.24) is 0 Å². The topological polar surface area (TPSA) is 9.23 Å². The van der Waals surface area contributed by atoms with E-state index in [1.807, 2.05) is 11.8 Å². The van der Waals surface area contributed by atoms with Crippen LogP contribution in [0.1, 0.15) is 19.3 Å². The summed E-state index contributed by atoms with van der Waals surface area (Å²) in [6.07, 6.45) is 6.16. The van der Waals surface area contributed by atoms with E-state index in [9.17, 15) is 0 Å². The predicted molar refractivity (Wildman–Crippen MR) is 46.5 cm³/mol. The molecule has 1 saturated heterocycles. The molecule has 10 heavy (non-hydrogen) atoms.